The maximum atomic E-state index is 13.1. The van der Waals surface area contributed by atoms with Gasteiger partial charge in [0.25, 0.3) is 0 Å². The summed E-state index contributed by atoms with van der Waals surface area (Å²) < 4.78 is 11.3. The highest BCUT2D eigenvalue weighted by atomic mass is 16.7. The van der Waals surface area contributed by atoms with Crippen LogP contribution in [-0.4, -0.2) is 87.5 Å². The van der Waals surface area contributed by atoms with Crippen molar-refractivity contribution in [2.75, 3.05) is 13.2 Å². The molecule has 1 rings (SSSR count). The molecule has 0 spiro atoms. The summed E-state index contributed by atoms with van der Waals surface area (Å²) in [5.41, 5.74) is 0. The molecule has 1 aliphatic rings. The highest BCUT2D eigenvalue weighted by Crippen LogP contribution is 2.24. The molecule has 1 aliphatic heterocycles. The molecule has 7 atom stereocenters. The summed E-state index contributed by atoms with van der Waals surface area (Å²) >= 11 is 0. The highest BCUT2D eigenvalue weighted by Gasteiger charge is 2.44. The van der Waals surface area contributed by atoms with Crippen LogP contribution in [-0.2, 0) is 14.3 Å². The first-order chi connectivity index (χ1) is 42.8. The van der Waals surface area contributed by atoms with Gasteiger partial charge >= 0.3 is 0 Å². The predicted octanol–water partition coefficient (Wildman–Crippen LogP) is 21.3. The fourth-order valence-electron chi connectivity index (χ4n) is 12.1. The first kappa shape index (κ1) is 82.9. The van der Waals surface area contributed by atoms with Crippen molar-refractivity contribution in [2.45, 2.75) is 416 Å². The molecule has 0 aromatic rings. The van der Waals surface area contributed by atoms with Crippen LogP contribution in [0.2, 0.25) is 0 Å². The summed E-state index contributed by atoms with van der Waals surface area (Å²) in [7, 11) is 0. The van der Waals surface area contributed by atoms with Gasteiger partial charge in [-0.05, 0) is 70.6 Å². The fraction of sp³-hybridized carbons (Fsp3) is 0.859. The van der Waals surface area contributed by atoms with E-state index in [1.54, 1.807) is 6.08 Å². The van der Waals surface area contributed by atoms with Crippen molar-refractivity contribution in [1.29, 1.82) is 0 Å². The second-order valence-corrected chi connectivity index (χ2v) is 26.4. The van der Waals surface area contributed by atoms with Crippen LogP contribution in [0.15, 0.2) is 60.8 Å². The number of hydrogen-bond donors (Lipinski definition) is 6. The molecule has 9 heteroatoms. The Hall–Kier alpha value is -2.11. The van der Waals surface area contributed by atoms with Crippen molar-refractivity contribution >= 4 is 5.91 Å². The van der Waals surface area contributed by atoms with Crippen LogP contribution in [0.3, 0.4) is 0 Å². The molecule has 0 bridgehead atoms. The molecule has 1 fully saturated rings. The van der Waals surface area contributed by atoms with E-state index in [0.717, 1.165) is 51.4 Å². The summed E-state index contributed by atoms with van der Waals surface area (Å²) in [6, 6.07) is -0.826. The van der Waals surface area contributed by atoms with Crippen LogP contribution in [0.1, 0.15) is 373 Å². The van der Waals surface area contributed by atoms with E-state index < -0.39 is 49.5 Å². The molecule has 1 heterocycles. The van der Waals surface area contributed by atoms with E-state index in [1.165, 1.54) is 302 Å². The molecular weight excluding hydrogens is 1080 g/mol. The lowest BCUT2D eigenvalue weighted by Crippen LogP contribution is -2.60. The largest absolute Gasteiger partial charge is 0.394 e. The van der Waals surface area contributed by atoms with E-state index in [-0.39, 0.29) is 12.5 Å². The summed E-state index contributed by atoms with van der Waals surface area (Å²) in [4.78, 5) is 13.1. The zero-order chi connectivity index (χ0) is 62.8. The topological polar surface area (TPSA) is 149 Å². The molecular formula is C78H145NO8. The third-order valence-electron chi connectivity index (χ3n) is 18.1. The Bertz CT molecular complexity index is 1560. The van der Waals surface area contributed by atoms with Gasteiger partial charge in [-0.1, -0.05) is 357 Å². The third-order valence-corrected chi connectivity index (χ3v) is 18.1. The molecule has 0 radical (unpaired) electrons. The minimum absolute atomic E-state index is 0.182. The number of unbranched alkanes of at least 4 members (excludes halogenated alkanes) is 49. The monoisotopic (exact) mass is 1220 g/mol. The maximum Gasteiger partial charge on any atom is 0.220 e. The van der Waals surface area contributed by atoms with Gasteiger partial charge in [-0.3, -0.25) is 4.79 Å². The van der Waals surface area contributed by atoms with Gasteiger partial charge in [0.15, 0.2) is 6.29 Å². The van der Waals surface area contributed by atoms with Crippen LogP contribution in [0.4, 0.5) is 0 Å². The summed E-state index contributed by atoms with van der Waals surface area (Å²) in [6.07, 6.45) is 86.4. The summed E-state index contributed by atoms with van der Waals surface area (Å²) in [5, 5.41) is 54.8. The minimum atomic E-state index is -1.57. The third kappa shape index (κ3) is 55.3. The Morgan fingerprint density at radius 3 is 1.05 bits per heavy atom. The van der Waals surface area contributed by atoms with Crippen molar-refractivity contribution < 1.29 is 39.8 Å². The number of carbonyl (C=O) groups is 1. The predicted molar refractivity (Wildman–Crippen MR) is 373 cm³/mol. The van der Waals surface area contributed by atoms with Gasteiger partial charge in [0, 0.05) is 6.42 Å². The van der Waals surface area contributed by atoms with Gasteiger partial charge < -0.3 is 40.3 Å². The van der Waals surface area contributed by atoms with Crippen LogP contribution in [0.25, 0.3) is 0 Å². The van der Waals surface area contributed by atoms with Crippen molar-refractivity contribution in [3.63, 3.8) is 0 Å². The Kier molecular flexibility index (Phi) is 63.7. The molecule has 87 heavy (non-hydrogen) atoms. The average Bonchev–Trinajstić information content (AvgIpc) is 3.47. The second kappa shape index (κ2) is 66.8. The van der Waals surface area contributed by atoms with Gasteiger partial charge in [0.1, 0.15) is 24.4 Å². The lowest BCUT2D eigenvalue weighted by molar-refractivity contribution is -0.302. The van der Waals surface area contributed by atoms with Gasteiger partial charge in [0.2, 0.25) is 5.91 Å². The fourth-order valence-corrected chi connectivity index (χ4v) is 12.1. The lowest BCUT2D eigenvalue weighted by atomic mass is 9.99. The van der Waals surface area contributed by atoms with Gasteiger partial charge in [-0.25, -0.2) is 0 Å². The van der Waals surface area contributed by atoms with Crippen molar-refractivity contribution in [1.82, 2.24) is 5.32 Å². The van der Waals surface area contributed by atoms with E-state index in [4.69, 9.17) is 9.47 Å². The zero-order valence-electron chi connectivity index (χ0n) is 57.3. The van der Waals surface area contributed by atoms with E-state index in [0.29, 0.717) is 6.42 Å². The Morgan fingerprint density at radius 1 is 0.391 bits per heavy atom. The number of aliphatic hydroxyl groups excluding tert-OH is 5. The van der Waals surface area contributed by atoms with Gasteiger partial charge in [-0.2, -0.15) is 0 Å². The first-order valence-corrected chi connectivity index (χ1v) is 38.0. The highest BCUT2D eigenvalue weighted by molar-refractivity contribution is 5.76. The van der Waals surface area contributed by atoms with Crippen molar-refractivity contribution in [2.24, 2.45) is 0 Å². The lowest BCUT2D eigenvalue weighted by Gasteiger charge is -2.40. The summed E-state index contributed by atoms with van der Waals surface area (Å²) in [6.45, 7) is 3.80. The number of ether oxygens (including phenoxy) is 2. The van der Waals surface area contributed by atoms with Crippen LogP contribution >= 0.6 is 0 Å². The quantitative estimate of drug-likeness (QED) is 0.0261. The second-order valence-electron chi connectivity index (χ2n) is 26.4. The number of rotatable bonds is 67. The Labute approximate surface area is 538 Å². The number of nitrogens with one attached hydrogen (secondary N) is 1. The minimum Gasteiger partial charge on any atom is -0.394 e. The van der Waals surface area contributed by atoms with Crippen LogP contribution in [0, 0.1) is 0 Å². The summed E-state index contributed by atoms with van der Waals surface area (Å²) in [5.74, 6) is -0.182. The molecule has 9 nitrogen and oxygen atoms in total. The first-order valence-electron chi connectivity index (χ1n) is 38.0. The Balaban J connectivity index is 2.12. The van der Waals surface area contributed by atoms with Crippen LogP contribution < -0.4 is 5.32 Å². The normalized spacial score (nSPS) is 18.3. The number of allylic oxidation sites excluding steroid dienone is 9. The average molecular weight is 1230 g/mol. The SMILES string of the molecule is CCCCCCC/C=C\C/C=C\C/C=C\CCCCCCCCCCCCCCCCCCC(=O)NC(COC1OC(CO)C(O)C(O)C1O)C(O)/C=C/CC/C=C/CCCCCCCCCCCCCCCCCCCCCCCCCCCCC. The molecule has 6 N–H and O–H groups in total. The van der Waals surface area contributed by atoms with E-state index in [2.05, 4.69) is 67.8 Å². The molecule has 7 unspecified atom stereocenters. The van der Waals surface area contributed by atoms with Gasteiger partial charge in [0.05, 0.1) is 25.4 Å². The van der Waals surface area contributed by atoms with Crippen molar-refractivity contribution in [3.05, 3.63) is 60.8 Å². The van der Waals surface area contributed by atoms with Gasteiger partial charge in [-0.15, -0.1) is 0 Å². The molecule has 0 aliphatic carbocycles. The molecule has 510 valence electrons. The number of amides is 1. The van der Waals surface area contributed by atoms with E-state index in [9.17, 15) is 30.3 Å². The molecule has 0 aromatic carbocycles. The Morgan fingerprint density at radius 2 is 0.690 bits per heavy atom. The number of aliphatic hydroxyl groups is 5. The van der Waals surface area contributed by atoms with Crippen LogP contribution in [0.5, 0.6) is 0 Å². The number of hydrogen-bond acceptors (Lipinski definition) is 8. The maximum absolute atomic E-state index is 13.1. The smallest absolute Gasteiger partial charge is 0.220 e. The molecule has 1 amide bonds. The number of carbonyl (C=O) groups excluding carboxylic acids is 1. The van der Waals surface area contributed by atoms with E-state index >= 15 is 0 Å². The van der Waals surface area contributed by atoms with E-state index in [1.807, 2.05) is 6.08 Å². The molecule has 0 aromatic heterocycles. The molecule has 0 saturated carbocycles. The molecule has 1 saturated heterocycles. The zero-order valence-corrected chi connectivity index (χ0v) is 57.3. The standard InChI is InChI=1S/C78H145NO8/c1-3-5-7-9-11-13-15-17-19-21-23-25-27-29-31-33-35-36-38-39-41-43-45-47-49-51-53-55-57-59-61-63-65-67-72(81)71(70-86-78-77(85)76(84)75(83)73(69-80)87-78)79-74(82)68-66-64-62-60-58-56-54-52-50-48-46-44-42-40-37-34-32-30-28-26-24-22-20-18-16-14-12-10-8-6-4-2/h16,18,22,24,28,30,57,59,65,67,71-73,75-78,80-81,83-85H,3-15,17,19-21,23,25-27,29,31-56,58,60-64,66,68-70H2,1-2H3,(H,79,82)/b18-16-,24-22-,30-28-,59-57+,67-65+. The van der Waals surface area contributed by atoms with Crippen molar-refractivity contribution in [3.8, 4) is 0 Å².